The number of carboxylic acids is 1. The van der Waals surface area contributed by atoms with Crippen LogP contribution in [0.2, 0.25) is 0 Å². The number of unbranched alkanes of at least 4 members (excludes halogenated alkanes) is 3. The molecule has 0 saturated carbocycles. The van der Waals surface area contributed by atoms with E-state index in [1.165, 1.54) is 5.56 Å². The lowest BCUT2D eigenvalue weighted by Gasteiger charge is -2.07. The van der Waals surface area contributed by atoms with Crippen molar-refractivity contribution in [1.82, 2.24) is 10.6 Å². The molecule has 0 atom stereocenters. The number of carbonyl (C=O) groups is 2. The van der Waals surface area contributed by atoms with Gasteiger partial charge in [-0.25, -0.2) is 4.79 Å². The first kappa shape index (κ1) is 17.0. The molecule has 0 bridgehead atoms. The molecule has 21 heavy (non-hydrogen) atoms. The first-order chi connectivity index (χ1) is 10.2. The molecule has 0 fully saturated rings. The topological polar surface area (TPSA) is 78.4 Å². The van der Waals surface area contributed by atoms with Gasteiger partial charge in [0.2, 0.25) is 0 Å². The minimum atomic E-state index is -0.745. The lowest BCUT2D eigenvalue weighted by molar-refractivity contribution is -0.137. The van der Waals surface area contributed by atoms with Crippen LogP contribution in [0.4, 0.5) is 4.79 Å². The van der Waals surface area contributed by atoms with Crippen molar-refractivity contribution in [1.29, 1.82) is 0 Å². The van der Waals surface area contributed by atoms with Crippen molar-refractivity contribution in [2.75, 3.05) is 13.1 Å². The Morgan fingerprint density at radius 1 is 0.905 bits per heavy atom. The van der Waals surface area contributed by atoms with Crippen LogP contribution >= 0.6 is 0 Å². The van der Waals surface area contributed by atoms with Crippen LogP contribution in [0.1, 0.15) is 37.7 Å². The zero-order valence-corrected chi connectivity index (χ0v) is 12.3. The molecule has 0 aromatic heterocycles. The van der Waals surface area contributed by atoms with Crippen LogP contribution in [0.15, 0.2) is 30.3 Å². The number of aliphatic carboxylic acids is 1. The summed E-state index contributed by atoms with van der Waals surface area (Å²) >= 11 is 0. The molecular weight excluding hydrogens is 268 g/mol. The molecule has 3 N–H and O–H groups in total. The monoisotopic (exact) mass is 292 g/mol. The highest BCUT2D eigenvalue weighted by Crippen LogP contribution is 2.02. The van der Waals surface area contributed by atoms with Gasteiger partial charge in [-0.05, 0) is 24.8 Å². The Balaban J connectivity index is 1.93. The molecule has 0 heterocycles. The largest absolute Gasteiger partial charge is 0.481 e. The minimum absolute atomic E-state index is 0.142. The molecule has 2 amide bonds. The lowest BCUT2D eigenvalue weighted by atomic mass is 10.1. The minimum Gasteiger partial charge on any atom is -0.481 e. The van der Waals surface area contributed by atoms with Gasteiger partial charge in [-0.15, -0.1) is 0 Å². The summed E-state index contributed by atoms with van der Waals surface area (Å²) in [6, 6.07) is 9.88. The van der Waals surface area contributed by atoms with Crippen LogP contribution in [0.25, 0.3) is 0 Å². The van der Waals surface area contributed by atoms with Crippen LogP contribution in [0, 0.1) is 0 Å². The highest BCUT2D eigenvalue weighted by atomic mass is 16.4. The van der Waals surface area contributed by atoms with E-state index in [-0.39, 0.29) is 12.5 Å². The molecule has 0 radical (unpaired) electrons. The van der Waals surface area contributed by atoms with Crippen LogP contribution < -0.4 is 10.6 Å². The number of carboxylic acid groups (broad SMARTS) is 1. The zero-order chi connectivity index (χ0) is 15.3. The van der Waals surface area contributed by atoms with E-state index >= 15 is 0 Å². The number of amides is 2. The Morgan fingerprint density at radius 3 is 2.29 bits per heavy atom. The average Bonchev–Trinajstić information content (AvgIpc) is 2.47. The summed E-state index contributed by atoms with van der Waals surface area (Å²) in [5, 5.41) is 14.1. The third-order valence-electron chi connectivity index (χ3n) is 3.15. The molecule has 0 spiro atoms. The molecule has 1 aromatic carbocycles. The molecule has 0 aliphatic heterocycles. The fourth-order valence-electron chi connectivity index (χ4n) is 1.98. The Kier molecular flexibility index (Phi) is 8.68. The number of urea groups is 1. The van der Waals surface area contributed by atoms with E-state index in [1.807, 2.05) is 30.3 Å². The quantitative estimate of drug-likeness (QED) is 0.580. The summed E-state index contributed by atoms with van der Waals surface area (Å²) in [6.07, 6.45) is 4.47. The second-order valence-corrected chi connectivity index (χ2v) is 4.98. The van der Waals surface area contributed by atoms with E-state index in [9.17, 15) is 9.59 Å². The van der Waals surface area contributed by atoms with Gasteiger partial charge in [0.1, 0.15) is 0 Å². The van der Waals surface area contributed by atoms with Crippen molar-refractivity contribution in [3.63, 3.8) is 0 Å². The van der Waals surface area contributed by atoms with E-state index in [0.29, 0.717) is 19.5 Å². The van der Waals surface area contributed by atoms with E-state index in [1.54, 1.807) is 0 Å². The van der Waals surface area contributed by atoms with Gasteiger partial charge >= 0.3 is 12.0 Å². The second kappa shape index (κ2) is 10.7. The van der Waals surface area contributed by atoms with Crippen molar-refractivity contribution in [3.05, 3.63) is 35.9 Å². The van der Waals surface area contributed by atoms with Crippen molar-refractivity contribution in [2.45, 2.75) is 38.5 Å². The maximum Gasteiger partial charge on any atom is 0.314 e. The Bertz CT molecular complexity index is 421. The van der Waals surface area contributed by atoms with Crippen molar-refractivity contribution < 1.29 is 14.7 Å². The van der Waals surface area contributed by atoms with Gasteiger partial charge < -0.3 is 15.7 Å². The van der Waals surface area contributed by atoms with Gasteiger partial charge in [0.15, 0.2) is 0 Å². The molecule has 0 unspecified atom stereocenters. The zero-order valence-electron chi connectivity index (χ0n) is 12.3. The molecule has 1 aromatic rings. The highest BCUT2D eigenvalue weighted by Gasteiger charge is 2.00. The third-order valence-corrected chi connectivity index (χ3v) is 3.15. The van der Waals surface area contributed by atoms with E-state index in [4.69, 9.17) is 5.11 Å². The Labute approximate surface area is 125 Å². The van der Waals surface area contributed by atoms with Gasteiger partial charge in [-0.1, -0.05) is 43.2 Å². The van der Waals surface area contributed by atoms with Crippen LogP contribution in [0.5, 0.6) is 0 Å². The van der Waals surface area contributed by atoms with E-state index < -0.39 is 5.97 Å². The standard InChI is InChI=1S/C16H24N2O3/c19-15(20)10-6-1-2-7-12-17-16(21)18-13-11-14-8-4-3-5-9-14/h3-5,8-9H,1-2,6-7,10-13H2,(H,19,20)(H2,17,18,21). The summed E-state index contributed by atoms with van der Waals surface area (Å²) < 4.78 is 0. The lowest BCUT2D eigenvalue weighted by Crippen LogP contribution is -2.37. The van der Waals surface area contributed by atoms with E-state index in [2.05, 4.69) is 10.6 Å². The Hall–Kier alpha value is -2.04. The number of nitrogens with one attached hydrogen (secondary N) is 2. The molecule has 0 aliphatic rings. The predicted molar refractivity (Wildman–Crippen MR) is 82.3 cm³/mol. The van der Waals surface area contributed by atoms with Crippen molar-refractivity contribution in [2.24, 2.45) is 0 Å². The second-order valence-electron chi connectivity index (χ2n) is 4.98. The normalized spacial score (nSPS) is 10.1. The van der Waals surface area contributed by atoms with Gasteiger partial charge in [0.05, 0.1) is 0 Å². The number of rotatable bonds is 10. The van der Waals surface area contributed by atoms with Crippen LogP contribution in [-0.4, -0.2) is 30.2 Å². The maximum absolute atomic E-state index is 11.5. The number of benzene rings is 1. The van der Waals surface area contributed by atoms with Crippen LogP contribution in [-0.2, 0) is 11.2 Å². The molecular formula is C16H24N2O3. The summed E-state index contributed by atoms with van der Waals surface area (Å²) in [5.41, 5.74) is 1.20. The molecule has 5 heteroatoms. The fourth-order valence-corrected chi connectivity index (χ4v) is 1.98. The SMILES string of the molecule is O=C(O)CCCCCCNC(=O)NCCc1ccccc1. The van der Waals surface area contributed by atoms with Gasteiger partial charge in [-0.2, -0.15) is 0 Å². The van der Waals surface area contributed by atoms with Gasteiger partial charge in [0, 0.05) is 19.5 Å². The van der Waals surface area contributed by atoms with Crippen molar-refractivity contribution in [3.8, 4) is 0 Å². The highest BCUT2D eigenvalue weighted by molar-refractivity contribution is 5.73. The summed E-state index contributed by atoms with van der Waals surface area (Å²) in [6.45, 7) is 1.25. The number of hydrogen-bond donors (Lipinski definition) is 3. The van der Waals surface area contributed by atoms with E-state index in [0.717, 1.165) is 25.7 Å². The predicted octanol–water partition coefficient (Wildman–Crippen LogP) is 2.56. The molecule has 0 aliphatic carbocycles. The van der Waals surface area contributed by atoms with Gasteiger partial charge in [0.25, 0.3) is 0 Å². The Morgan fingerprint density at radius 2 is 1.57 bits per heavy atom. The first-order valence-electron chi connectivity index (χ1n) is 7.46. The molecule has 116 valence electrons. The van der Waals surface area contributed by atoms with Crippen LogP contribution in [0.3, 0.4) is 0 Å². The summed E-state index contributed by atoms with van der Waals surface area (Å²) in [4.78, 5) is 21.8. The van der Waals surface area contributed by atoms with Crippen molar-refractivity contribution >= 4 is 12.0 Å². The molecule has 1 rings (SSSR count). The maximum atomic E-state index is 11.5. The fraction of sp³-hybridized carbons (Fsp3) is 0.500. The number of carbonyl (C=O) groups excluding carboxylic acids is 1. The first-order valence-corrected chi connectivity index (χ1v) is 7.46. The number of hydrogen-bond acceptors (Lipinski definition) is 2. The smallest absolute Gasteiger partial charge is 0.314 e. The average molecular weight is 292 g/mol. The molecule has 0 saturated heterocycles. The molecule has 5 nitrogen and oxygen atoms in total. The summed E-state index contributed by atoms with van der Waals surface area (Å²) in [7, 11) is 0. The van der Waals surface area contributed by atoms with Gasteiger partial charge in [-0.3, -0.25) is 4.79 Å². The third kappa shape index (κ3) is 9.49. The summed E-state index contributed by atoms with van der Waals surface area (Å²) in [5.74, 6) is -0.745.